The third-order valence-corrected chi connectivity index (χ3v) is 6.00. The molecule has 0 saturated carbocycles. The molecule has 0 radical (unpaired) electrons. The zero-order chi connectivity index (χ0) is 23.3. The summed E-state index contributed by atoms with van der Waals surface area (Å²) in [7, 11) is 3.19. The van der Waals surface area contributed by atoms with Crippen molar-refractivity contribution in [2.24, 2.45) is 0 Å². The lowest BCUT2D eigenvalue weighted by Crippen LogP contribution is -2.41. The van der Waals surface area contributed by atoms with Crippen molar-refractivity contribution in [2.75, 3.05) is 39.2 Å². The Morgan fingerprint density at radius 2 is 1.84 bits per heavy atom. The van der Waals surface area contributed by atoms with E-state index >= 15 is 0 Å². The van der Waals surface area contributed by atoms with Gasteiger partial charge in [0.1, 0.15) is 0 Å². The number of anilines is 1. The molecule has 1 amide bonds. The maximum Gasteiger partial charge on any atom is 0.307 e. The zero-order valence-corrected chi connectivity index (χ0v) is 19.5. The van der Waals surface area contributed by atoms with E-state index in [-0.39, 0.29) is 30.9 Å². The summed E-state index contributed by atoms with van der Waals surface area (Å²) in [5, 5.41) is 3.02. The van der Waals surface area contributed by atoms with E-state index in [1.165, 1.54) is 0 Å². The Hall–Kier alpha value is -3.06. The van der Waals surface area contributed by atoms with Gasteiger partial charge in [-0.2, -0.15) is 0 Å². The van der Waals surface area contributed by atoms with Crippen LogP contribution in [0.4, 0.5) is 5.69 Å². The Balaban J connectivity index is 1.86. The first kappa shape index (κ1) is 23.6. The molecule has 172 valence electrons. The number of hydrogen-bond donors (Lipinski definition) is 1. The monoisotopic (exact) mass is 440 g/mol. The summed E-state index contributed by atoms with van der Waals surface area (Å²) in [6.07, 6.45) is 0.902. The molecule has 1 N–H and O–H groups in total. The first-order chi connectivity index (χ1) is 15.4. The average Bonchev–Trinajstić information content (AvgIpc) is 2.77. The van der Waals surface area contributed by atoms with Crippen LogP contribution in [0.1, 0.15) is 41.6 Å². The van der Waals surface area contributed by atoms with Crippen molar-refractivity contribution >= 4 is 17.6 Å². The van der Waals surface area contributed by atoms with Crippen LogP contribution in [0.3, 0.4) is 0 Å². The molecule has 7 heteroatoms. The van der Waals surface area contributed by atoms with E-state index in [0.29, 0.717) is 24.7 Å². The van der Waals surface area contributed by atoms with E-state index in [0.717, 1.165) is 34.4 Å². The second kappa shape index (κ2) is 10.5. The standard InChI is InChI=1S/C25H32N2O5/c1-6-32-25(29)14-21-19-13-23(31-5)22(30-4)12-18(19)10-11-27(21)15-24(28)26-20-9-7-8-16(2)17(20)3/h7-9,12-13,21H,6,10-11,14-15H2,1-5H3,(H,26,28)/t21-/m0/s1. The van der Waals surface area contributed by atoms with Gasteiger partial charge in [-0.15, -0.1) is 0 Å². The molecule has 32 heavy (non-hydrogen) atoms. The van der Waals surface area contributed by atoms with Gasteiger partial charge in [0.15, 0.2) is 11.5 Å². The van der Waals surface area contributed by atoms with Gasteiger partial charge >= 0.3 is 5.97 Å². The zero-order valence-electron chi connectivity index (χ0n) is 19.5. The molecule has 0 aromatic heterocycles. The number of nitrogens with one attached hydrogen (secondary N) is 1. The minimum Gasteiger partial charge on any atom is -0.493 e. The quantitative estimate of drug-likeness (QED) is 0.629. The number of esters is 1. The van der Waals surface area contributed by atoms with Gasteiger partial charge in [0.2, 0.25) is 5.91 Å². The third-order valence-electron chi connectivity index (χ3n) is 6.00. The van der Waals surface area contributed by atoms with Crippen LogP contribution in [0, 0.1) is 13.8 Å². The number of carbonyl (C=O) groups excluding carboxylic acids is 2. The third kappa shape index (κ3) is 5.22. The smallest absolute Gasteiger partial charge is 0.307 e. The predicted molar refractivity (Wildman–Crippen MR) is 123 cm³/mol. The van der Waals surface area contributed by atoms with Crippen molar-refractivity contribution in [1.29, 1.82) is 0 Å². The Morgan fingerprint density at radius 3 is 2.53 bits per heavy atom. The minimum atomic E-state index is -0.292. The molecular weight excluding hydrogens is 408 g/mol. The molecule has 7 nitrogen and oxygen atoms in total. The molecule has 2 aromatic rings. The molecule has 1 atom stereocenters. The molecule has 1 heterocycles. The highest BCUT2D eigenvalue weighted by atomic mass is 16.5. The van der Waals surface area contributed by atoms with Gasteiger partial charge in [-0.25, -0.2) is 0 Å². The average molecular weight is 441 g/mol. The van der Waals surface area contributed by atoms with Crippen molar-refractivity contribution in [1.82, 2.24) is 4.90 Å². The summed E-state index contributed by atoms with van der Waals surface area (Å²) >= 11 is 0. The number of rotatable bonds is 8. The second-order valence-corrected chi connectivity index (χ2v) is 7.95. The molecular formula is C25H32N2O5. The van der Waals surface area contributed by atoms with E-state index in [4.69, 9.17) is 14.2 Å². The predicted octanol–water partition coefficient (Wildman–Crippen LogP) is 3.81. The van der Waals surface area contributed by atoms with Crippen molar-refractivity contribution < 1.29 is 23.8 Å². The summed E-state index contributed by atoms with van der Waals surface area (Å²) in [4.78, 5) is 27.4. The number of hydrogen-bond acceptors (Lipinski definition) is 6. The van der Waals surface area contributed by atoms with Gasteiger partial charge in [-0.3, -0.25) is 14.5 Å². The van der Waals surface area contributed by atoms with Crippen LogP contribution in [-0.4, -0.2) is 50.7 Å². The Bertz CT molecular complexity index is 989. The maximum absolute atomic E-state index is 12.9. The number of ether oxygens (including phenoxy) is 3. The normalized spacial score (nSPS) is 15.6. The molecule has 0 spiro atoms. The van der Waals surface area contributed by atoms with Crippen molar-refractivity contribution in [2.45, 2.75) is 39.7 Å². The fraction of sp³-hybridized carbons (Fsp3) is 0.440. The molecule has 0 unspecified atom stereocenters. The van der Waals surface area contributed by atoms with E-state index in [1.807, 2.05) is 49.1 Å². The van der Waals surface area contributed by atoms with E-state index in [1.54, 1.807) is 21.1 Å². The number of aryl methyl sites for hydroxylation is 1. The van der Waals surface area contributed by atoms with Crippen LogP contribution in [0.15, 0.2) is 30.3 Å². The lowest BCUT2D eigenvalue weighted by Gasteiger charge is -2.37. The highest BCUT2D eigenvalue weighted by molar-refractivity contribution is 5.93. The van der Waals surface area contributed by atoms with Crippen molar-refractivity contribution in [3.05, 3.63) is 52.6 Å². The van der Waals surface area contributed by atoms with Gasteiger partial charge in [-0.05, 0) is 67.6 Å². The first-order valence-corrected chi connectivity index (χ1v) is 10.9. The first-order valence-electron chi connectivity index (χ1n) is 10.9. The number of methoxy groups -OCH3 is 2. The number of carbonyl (C=O) groups is 2. The van der Waals surface area contributed by atoms with E-state index < -0.39 is 0 Å². The van der Waals surface area contributed by atoms with Crippen LogP contribution in [0.2, 0.25) is 0 Å². The van der Waals surface area contributed by atoms with Gasteiger partial charge in [0.05, 0.1) is 33.8 Å². The largest absolute Gasteiger partial charge is 0.493 e. The van der Waals surface area contributed by atoms with Crippen LogP contribution >= 0.6 is 0 Å². The molecule has 0 fully saturated rings. The fourth-order valence-electron chi connectivity index (χ4n) is 4.15. The van der Waals surface area contributed by atoms with Crippen LogP contribution in [0.5, 0.6) is 11.5 Å². The van der Waals surface area contributed by atoms with Gasteiger partial charge < -0.3 is 19.5 Å². The Labute approximate surface area is 189 Å². The van der Waals surface area contributed by atoms with Crippen LogP contribution in [0.25, 0.3) is 0 Å². The Morgan fingerprint density at radius 1 is 1.12 bits per heavy atom. The Kier molecular flexibility index (Phi) is 7.75. The van der Waals surface area contributed by atoms with Crippen LogP contribution < -0.4 is 14.8 Å². The molecule has 1 aliphatic heterocycles. The second-order valence-electron chi connectivity index (χ2n) is 7.95. The van der Waals surface area contributed by atoms with Gasteiger partial charge in [0, 0.05) is 18.3 Å². The summed E-state index contributed by atoms with van der Waals surface area (Å²) in [6, 6.07) is 9.43. The lowest BCUT2D eigenvalue weighted by molar-refractivity contribution is -0.145. The highest BCUT2D eigenvalue weighted by Crippen LogP contribution is 2.39. The van der Waals surface area contributed by atoms with Gasteiger partial charge in [0.25, 0.3) is 0 Å². The number of benzene rings is 2. The van der Waals surface area contributed by atoms with E-state index in [9.17, 15) is 9.59 Å². The molecule has 0 bridgehead atoms. The SMILES string of the molecule is CCOC(=O)C[C@H]1c2cc(OC)c(OC)cc2CCN1CC(=O)Nc1cccc(C)c1C. The number of amides is 1. The van der Waals surface area contributed by atoms with Crippen molar-refractivity contribution in [3.8, 4) is 11.5 Å². The lowest BCUT2D eigenvalue weighted by atomic mass is 9.90. The number of fused-ring (bicyclic) bond motifs is 1. The van der Waals surface area contributed by atoms with E-state index in [2.05, 4.69) is 5.32 Å². The fourth-order valence-corrected chi connectivity index (χ4v) is 4.15. The summed E-state index contributed by atoms with van der Waals surface area (Å²) in [6.45, 7) is 6.93. The van der Waals surface area contributed by atoms with Crippen LogP contribution in [-0.2, 0) is 20.7 Å². The summed E-state index contributed by atoms with van der Waals surface area (Å²) in [5.74, 6) is 0.848. The molecule has 3 rings (SSSR count). The molecule has 1 aliphatic rings. The molecule has 0 saturated heterocycles. The molecule has 2 aromatic carbocycles. The highest BCUT2D eigenvalue weighted by Gasteiger charge is 2.32. The maximum atomic E-state index is 12.9. The summed E-state index contributed by atoms with van der Waals surface area (Å²) in [5.41, 5.74) is 5.02. The minimum absolute atomic E-state index is 0.114. The topological polar surface area (TPSA) is 77.1 Å². The number of nitrogens with zero attached hydrogens (tertiary/aromatic N) is 1. The van der Waals surface area contributed by atoms with Crippen molar-refractivity contribution in [3.63, 3.8) is 0 Å². The summed E-state index contributed by atoms with van der Waals surface area (Å²) < 4.78 is 16.1. The van der Waals surface area contributed by atoms with Gasteiger partial charge in [-0.1, -0.05) is 12.1 Å². The molecule has 0 aliphatic carbocycles.